The fourth-order valence-corrected chi connectivity index (χ4v) is 9.67. The molecule has 4 aliphatic carbocycles. The number of hydrogen-bond acceptors (Lipinski definition) is 2. The van der Waals surface area contributed by atoms with E-state index < -0.39 is 0 Å². The largest absolute Gasteiger partial charge is 0.395 e. The Morgan fingerprint density at radius 1 is 0.970 bits per heavy atom. The molecule has 0 aromatic carbocycles. The summed E-state index contributed by atoms with van der Waals surface area (Å²) >= 11 is 0. The smallest absolute Gasteiger partial charge is 0.0594 e. The van der Waals surface area contributed by atoms with Crippen molar-refractivity contribution in [1.29, 1.82) is 0 Å². The molecule has 188 valence electrons. The molecule has 2 nitrogen and oxygen atoms in total. The summed E-state index contributed by atoms with van der Waals surface area (Å²) in [5, 5.41) is 21.9. The first-order chi connectivity index (χ1) is 15.3. The fourth-order valence-electron chi connectivity index (χ4n) is 9.67. The van der Waals surface area contributed by atoms with Crippen molar-refractivity contribution in [3.05, 3.63) is 23.3 Å². The molecule has 0 saturated heterocycles. The number of fused-ring (bicyclic) bond motifs is 4. The molecule has 0 heterocycles. The summed E-state index contributed by atoms with van der Waals surface area (Å²) in [4.78, 5) is 0. The molecular formula is C31H52O2. The fraction of sp³-hybridized carbons (Fsp3) is 0.871. The zero-order chi connectivity index (χ0) is 24.4. The van der Waals surface area contributed by atoms with Crippen LogP contribution in [0.2, 0.25) is 0 Å². The van der Waals surface area contributed by atoms with Crippen molar-refractivity contribution in [2.24, 2.45) is 45.3 Å². The van der Waals surface area contributed by atoms with E-state index in [1.54, 1.807) is 11.1 Å². The predicted molar refractivity (Wildman–Crippen MR) is 139 cm³/mol. The first-order valence-corrected chi connectivity index (χ1v) is 14.0. The highest BCUT2D eigenvalue weighted by molar-refractivity contribution is 5.39. The Balaban J connectivity index is 1.66. The molecule has 0 spiro atoms. The van der Waals surface area contributed by atoms with Crippen molar-refractivity contribution in [2.45, 2.75) is 119 Å². The molecule has 0 unspecified atom stereocenters. The minimum absolute atomic E-state index is 0.0236. The summed E-state index contributed by atoms with van der Waals surface area (Å²) in [6.07, 6.45) is 11.4. The molecule has 4 aliphatic rings. The van der Waals surface area contributed by atoms with Crippen LogP contribution in [0.25, 0.3) is 0 Å². The Bertz CT molecular complexity index is 806. The van der Waals surface area contributed by atoms with E-state index in [0.717, 1.165) is 32.1 Å². The Morgan fingerprint density at radius 2 is 1.67 bits per heavy atom. The van der Waals surface area contributed by atoms with Gasteiger partial charge in [0.2, 0.25) is 0 Å². The minimum Gasteiger partial charge on any atom is -0.395 e. The van der Waals surface area contributed by atoms with Crippen LogP contribution in [-0.4, -0.2) is 22.9 Å². The molecule has 0 aliphatic heterocycles. The highest BCUT2D eigenvalue weighted by atomic mass is 16.3. The molecule has 0 amide bonds. The van der Waals surface area contributed by atoms with E-state index in [0.29, 0.717) is 30.3 Å². The molecule has 33 heavy (non-hydrogen) atoms. The van der Waals surface area contributed by atoms with E-state index in [2.05, 4.69) is 55.0 Å². The van der Waals surface area contributed by atoms with Gasteiger partial charge in [0.1, 0.15) is 0 Å². The predicted octanol–water partition coefficient (Wildman–Crippen LogP) is 7.70. The van der Waals surface area contributed by atoms with Crippen LogP contribution in [0.4, 0.5) is 0 Å². The van der Waals surface area contributed by atoms with Gasteiger partial charge in [-0.1, -0.05) is 71.8 Å². The van der Waals surface area contributed by atoms with Crippen LogP contribution in [0.1, 0.15) is 113 Å². The van der Waals surface area contributed by atoms with Crippen molar-refractivity contribution in [3.8, 4) is 0 Å². The van der Waals surface area contributed by atoms with E-state index in [1.807, 2.05) is 0 Å². The maximum Gasteiger partial charge on any atom is 0.0594 e. The van der Waals surface area contributed by atoms with Gasteiger partial charge >= 0.3 is 0 Å². The third-order valence-corrected chi connectivity index (χ3v) is 12.2. The van der Waals surface area contributed by atoms with Gasteiger partial charge in [-0.05, 0) is 104 Å². The van der Waals surface area contributed by atoms with Gasteiger partial charge in [0.25, 0.3) is 0 Å². The molecule has 0 aromatic heterocycles. The van der Waals surface area contributed by atoms with Crippen LogP contribution in [0.15, 0.2) is 23.3 Å². The van der Waals surface area contributed by atoms with E-state index >= 15 is 0 Å². The zero-order valence-corrected chi connectivity index (χ0v) is 22.8. The molecule has 0 aromatic rings. The van der Waals surface area contributed by atoms with Crippen LogP contribution >= 0.6 is 0 Å². The number of hydrogen-bond donors (Lipinski definition) is 2. The van der Waals surface area contributed by atoms with Crippen molar-refractivity contribution >= 4 is 0 Å². The molecule has 0 radical (unpaired) electrons. The first kappa shape index (κ1) is 25.5. The van der Waals surface area contributed by atoms with Gasteiger partial charge in [-0.3, -0.25) is 0 Å². The summed E-state index contributed by atoms with van der Waals surface area (Å²) in [7, 11) is 0. The lowest BCUT2D eigenvalue weighted by atomic mass is 9.43. The molecule has 0 bridgehead atoms. The molecule has 4 rings (SSSR count). The van der Waals surface area contributed by atoms with Crippen molar-refractivity contribution < 1.29 is 10.2 Å². The third kappa shape index (κ3) is 3.55. The normalized spacial score (nSPS) is 43.2. The van der Waals surface area contributed by atoms with E-state index in [-0.39, 0.29) is 27.8 Å². The number of rotatable bonds is 6. The average molecular weight is 457 g/mol. The second-order valence-corrected chi connectivity index (χ2v) is 14.0. The van der Waals surface area contributed by atoms with Gasteiger partial charge < -0.3 is 10.2 Å². The van der Waals surface area contributed by atoms with Gasteiger partial charge in [0, 0.05) is 5.41 Å². The van der Waals surface area contributed by atoms with Gasteiger partial charge in [0.05, 0.1) is 12.7 Å². The van der Waals surface area contributed by atoms with Crippen LogP contribution in [0, 0.1) is 45.3 Å². The summed E-state index contributed by atoms with van der Waals surface area (Å²) in [6, 6.07) is 0. The Kier molecular flexibility index (Phi) is 6.57. The number of aliphatic hydroxyl groups is 2. The topological polar surface area (TPSA) is 40.5 Å². The Morgan fingerprint density at radius 3 is 2.30 bits per heavy atom. The summed E-state index contributed by atoms with van der Waals surface area (Å²) in [5.74, 6) is 2.49. The van der Waals surface area contributed by atoms with Gasteiger partial charge in [0.15, 0.2) is 0 Å². The Hall–Kier alpha value is -0.600. The standard InChI is InChI=1S/C31H52O2/c1-20(2)21(3)9-10-22(4)23-14-18-31(19-32)25-11-12-26-28(5,6)27(33)15-16-29(26,7)24(25)13-17-30(23,31)8/h20,22-23,26-27,32-33H,3,9-19H2,1-2,4-8H3/t22-,23-,26+,27+,29-,30-,31-/m1/s1. The monoisotopic (exact) mass is 456 g/mol. The van der Waals surface area contributed by atoms with Crippen LogP contribution in [0.5, 0.6) is 0 Å². The summed E-state index contributed by atoms with van der Waals surface area (Å²) in [6.45, 7) is 21.3. The molecule has 2 N–H and O–H groups in total. The van der Waals surface area contributed by atoms with E-state index in [1.165, 1.54) is 37.7 Å². The van der Waals surface area contributed by atoms with Crippen LogP contribution in [-0.2, 0) is 0 Å². The van der Waals surface area contributed by atoms with Gasteiger partial charge in [-0.15, -0.1) is 0 Å². The van der Waals surface area contributed by atoms with Crippen LogP contribution in [0.3, 0.4) is 0 Å². The molecule has 7 atom stereocenters. The quantitative estimate of drug-likeness (QED) is 0.402. The number of allylic oxidation sites excluding steroid dienone is 2. The maximum absolute atomic E-state index is 11.1. The number of aliphatic hydroxyl groups excluding tert-OH is 2. The molecule has 2 fully saturated rings. The third-order valence-electron chi connectivity index (χ3n) is 12.2. The van der Waals surface area contributed by atoms with Gasteiger partial charge in [-0.2, -0.15) is 0 Å². The summed E-state index contributed by atoms with van der Waals surface area (Å²) in [5.41, 5.74) is 5.09. The molecule has 2 saturated carbocycles. The Labute approximate surface area is 204 Å². The van der Waals surface area contributed by atoms with E-state index in [4.69, 9.17) is 0 Å². The molecule has 2 heteroatoms. The lowest BCUT2D eigenvalue weighted by Crippen LogP contribution is -2.56. The SMILES string of the molecule is C=C(CC[C@@H](C)[C@H]1CC[C@@]2(CO)C3=C(CC[C@]12C)[C@@]1(C)CC[C@H](O)C(C)(C)[C@@H]1CC3)C(C)C. The summed E-state index contributed by atoms with van der Waals surface area (Å²) < 4.78 is 0. The molecular weight excluding hydrogens is 404 g/mol. The second-order valence-electron chi connectivity index (χ2n) is 14.0. The van der Waals surface area contributed by atoms with Crippen LogP contribution < -0.4 is 0 Å². The lowest BCUT2D eigenvalue weighted by Gasteiger charge is -2.62. The van der Waals surface area contributed by atoms with E-state index in [9.17, 15) is 10.2 Å². The first-order valence-electron chi connectivity index (χ1n) is 14.0. The lowest BCUT2D eigenvalue weighted by molar-refractivity contribution is -0.0997. The second kappa shape index (κ2) is 8.51. The van der Waals surface area contributed by atoms with Gasteiger partial charge in [-0.25, -0.2) is 0 Å². The van der Waals surface area contributed by atoms with Crippen molar-refractivity contribution in [3.63, 3.8) is 0 Å². The average Bonchev–Trinajstić information content (AvgIpc) is 3.08. The zero-order valence-electron chi connectivity index (χ0n) is 22.8. The van der Waals surface area contributed by atoms with Crippen molar-refractivity contribution in [2.75, 3.05) is 6.61 Å². The highest BCUT2D eigenvalue weighted by Gasteiger charge is 2.64. The maximum atomic E-state index is 11.1. The highest BCUT2D eigenvalue weighted by Crippen LogP contribution is 2.72. The van der Waals surface area contributed by atoms with Crippen molar-refractivity contribution in [1.82, 2.24) is 0 Å². The minimum atomic E-state index is -0.185.